The van der Waals surface area contributed by atoms with E-state index in [9.17, 15) is 4.79 Å². The number of nitrogens with zero attached hydrogens (tertiary/aromatic N) is 1. The largest absolute Gasteiger partial charge is 0.376 e. The molecule has 1 N–H and O–H groups in total. The van der Waals surface area contributed by atoms with E-state index in [0.717, 1.165) is 17.9 Å². The number of rotatable bonds is 4. The zero-order valence-corrected chi connectivity index (χ0v) is 9.88. The maximum Gasteiger partial charge on any atom is 0.289 e. The monoisotopic (exact) mass is 242 g/mol. The highest BCUT2D eigenvalue weighted by molar-refractivity contribution is 7.99. The normalized spacial score (nSPS) is 24.6. The van der Waals surface area contributed by atoms with E-state index in [2.05, 4.69) is 10.5 Å². The topological polar surface area (TPSA) is 64.4 Å². The smallest absolute Gasteiger partial charge is 0.289 e. The fraction of sp³-hybridized carbons (Fsp3) is 0.600. The molecule has 1 aliphatic rings. The molecule has 0 aromatic carbocycles. The minimum atomic E-state index is -0.245. The lowest BCUT2D eigenvalue weighted by atomic mass is 10.0. The maximum absolute atomic E-state index is 11.6. The highest BCUT2D eigenvalue weighted by atomic mass is 32.2. The van der Waals surface area contributed by atoms with Crippen molar-refractivity contribution < 1.29 is 14.1 Å². The van der Waals surface area contributed by atoms with Crippen molar-refractivity contribution in [2.75, 3.05) is 25.2 Å². The van der Waals surface area contributed by atoms with Crippen LogP contribution >= 0.6 is 11.8 Å². The Balaban J connectivity index is 1.89. The van der Waals surface area contributed by atoms with Crippen molar-refractivity contribution >= 4 is 17.7 Å². The van der Waals surface area contributed by atoms with E-state index in [1.165, 1.54) is 12.3 Å². The lowest BCUT2D eigenvalue weighted by Crippen LogP contribution is -2.44. The summed E-state index contributed by atoms with van der Waals surface area (Å²) in [4.78, 5) is 11.6. The van der Waals surface area contributed by atoms with Gasteiger partial charge in [0.05, 0.1) is 11.8 Å². The van der Waals surface area contributed by atoms with Gasteiger partial charge in [-0.05, 0) is 12.2 Å². The molecule has 2 rings (SSSR count). The molecule has 5 nitrogen and oxygen atoms in total. The van der Waals surface area contributed by atoms with Gasteiger partial charge >= 0.3 is 0 Å². The average Bonchev–Trinajstić information content (AvgIpc) is 2.98. The quantitative estimate of drug-likeness (QED) is 0.850. The number of nitrogens with one attached hydrogen (secondary N) is 1. The maximum atomic E-state index is 11.6. The van der Waals surface area contributed by atoms with Crippen LogP contribution in [-0.4, -0.2) is 41.8 Å². The van der Waals surface area contributed by atoms with E-state index in [-0.39, 0.29) is 17.3 Å². The summed E-state index contributed by atoms with van der Waals surface area (Å²) in [7, 11) is 1.69. The molecule has 88 valence electrons. The summed E-state index contributed by atoms with van der Waals surface area (Å²) < 4.78 is 10.3. The molecule has 16 heavy (non-hydrogen) atoms. The molecule has 1 aromatic heterocycles. The summed E-state index contributed by atoms with van der Waals surface area (Å²) in [6.07, 6.45) is 2.41. The predicted molar refractivity (Wildman–Crippen MR) is 60.5 cm³/mol. The van der Waals surface area contributed by atoms with Gasteiger partial charge in [-0.3, -0.25) is 4.79 Å². The lowest BCUT2D eigenvalue weighted by Gasteiger charge is -2.26. The SMILES string of the molecule is CO[C@@]1(CNC(=O)c2ccno2)CCSC1. The van der Waals surface area contributed by atoms with Gasteiger partial charge in [0.25, 0.3) is 5.91 Å². The Morgan fingerprint density at radius 2 is 2.69 bits per heavy atom. The Morgan fingerprint density at radius 1 is 1.81 bits per heavy atom. The second-order valence-corrected chi connectivity index (χ2v) is 4.85. The predicted octanol–water partition coefficient (Wildman–Crippen LogP) is 0.927. The van der Waals surface area contributed by atoms with E-state index in [0.29, 0.717) is 6.54 Å². The molecule has 1 saturated heterocycles. The molecule has 0 bridgehead atoms. The molecule has 0 radical (unpaired) electrons. The molecular weight excluding hydrogens is 228 g/mol. The second kappa shape index (κ2) is 4.88. The van der Waals surface area contributed by atoms with Crippen LogP contribution in [0.1, 0.15) is 17.0 Å². The van der Waals surface area contributed by atoms with Crippen LogP contribution in [0.3, 0.4) is 0 Å². The number of methoxy groups -OCH3 is 1. The molecular formula is C10H14N2O3S. The molecule has 0 spiro atoms. The number of hydrogen-bond acceptors (Lipinski definition) is 5. The molecule has 0 saturated carbocycles. The van der Waals surface area contributed by atoms with Crippen LogP contribution < -0.4 is 5.32 Å². The first-order chi connectivity index (χ1) is 7.76. The molecule has 1 amide bonds. The van der Waals surface area contributed by atoms with Gasteiger partial charge in [-0.2, -0.15) is 11.8 Å². The molecule has 0 aliphatic carbocycles. The van der Waals surface area contributed by atoms with Gasteiger partial charge in [-0.15, -0.1) is 0 Å². The van der Waals surface area contributed by atoms with Gasteiger partial charge in [-0.25, -0.2) is 0 Å². The Hall–Kier alpha value is -1.01. The molecule has 2 heterocycles. The van der Waals surface area contributed by atoms with Gasteiger partial charge in [-0.1, -0.05) is 5.16 Å². The standard InChI is InChI=1S/C10H14N2O3S/c1-14-10(3-5-16-7-10)6-11-9(13)8-2-4-12-15-8/h2,4H,3,5-7H2,1H3,(H,11,13)/t10-/m1/s1. The van der Waals surface area contributed by atoms with Gasteiger partial charge in [0.15, 0.2) is 0 Å². The first-order valence-corrected chi connectivity index (χ1v) is 6.23. The molecule has 1 fully saturated rings. The van der Waals surface area contributed by atoms with Crippen LogP contribution in [-0.2, 0) is 4.74 Å². The van der Waals surface area contributed by atoms with E-state index in [1.54, 1.807) is 7.11 Å². The molecule has 1 atom stereocenters. The Labute approximate surface area is 97.9 Å². The molecule has 1 aliphatic heterocycles. The van der Waals surface area contributed by atoms with E-state index >= 15 is 0 Å². The number of aromatic nitrogens is 1. The Bertz CT molecular complexity index is 347. The van der Waals surface area contributed by atoms with Crippen molar-refractivity contribution in [2.24, 2.45) is 0 Å². The van der Waals surface area contributed by atoms with Crippen LogP contribution in [0.25, 0.3) is 0 Å². The van der Waals surface area contributed by atoms with Crippen LogP contribution in [0.4, 0.5) is 0 Å². The summed E-state index contributed by atoms with van der Waals surface area (Å²) >= 11 is 1.84. The summed E-state index contributed by atoms with van der Waals surface area (Å²) in [6, 6.07) is 1.54. The second-order valence-electron chi connectivity index (χ2n) is 3.75. The van der Waals surface area contributed by atoms with Gasteiger partial charge in [0, 0.05) is 25.5 Å². The fourth-order valence-corrected chi connectivity index (χ4v) is 3.02. The van der Waals surface area contributed by atoms with Crippen LogP contribution in [0.15, 0.2) is 16.8 Å². The molecule has 6 heteroatoms. The first-order valence-electron chi connectivity index (χ1n) is 5.07. The van der Waals surface area contributed by atoms with E-state index in [4.69, 9.17) is 9.26 Å². The summed E-state index contributed by atoms with van der Waals surface area (Å²) in [6.45, 7) is 0.510. The molecule has 1 aromatic rings. The van der Waals surface area contributed by atoms with Crippen LogP contribution in [0, 0.1) is 0 Å². The van der Waals surface area contributed by atoms with Crippen LogP contribution in [0.2, 0.25) is 0 Å². The third kappa shape index (κ3) is 2.38. The van der Waals surface area contributed by atoms with Crippen molar-refractivity contribution in [3.63, 3.8) is 0 Å². The van der Waals surface area contributed by atoms with Crippen molar-refractivity contribution in [1.29, 1.82) is 0 Å². The van der Waals surface area contributed by atoms with Crippen LogP contribution in [0.5, 0.6) is 0 Å². The van der Waals surface area contributed by atoms with E-state index < -0.39 is 0 Å². The number of carbonyl (C=O) groups is 1. The van der Waals surface area contributed by atoms with Gasteiger partial charge in [0.1, 0.15) is 0 Å². The van der Waals surface area contributed by atoms with E-state index in [1.807, 2.05) is 11.8 Å². The van der Waals surface area contributed by atoms with Crippen molar-refractivity contribution in [3.8, 4) is 0 Å². The zero-order valence-electron chi connectivity index (χ0n) is 9.06. The van der Waals surface area contributed by atoms with Gasteiger partial charge < -0.3 is 14.6 Å². The first kappa shape index (κ1) is 11.5. The highest BCUT2D eigenvalue weighted by Gasteiger charge is 2.34. The third-order valence-electron chi connectivity index (χ3n) is 2.73. The summed E-state index contributed by atoms with van der Waals surface area (Å²) in [5.41, 5.74) is -0.222. The van der Waals surface area contributed by atoms with Crippen molar-refractivity contribution in [2.45, 2.75) is 12.0 Å². The lowest BCUT2D eigenvalue weighted by molar-refractivity contribution is 0.0134. The number of amides is 1. The minimum absolute atomic E-state index is 0.222. The minimum Gasteiger partial charge on any atom is -0.376 e. The Morgan fingerprint density at radius 3 is 3.25 bits per heavy atom. The summed E-state index contributed by atoms with van der Waals surface area (Å²) in [5, 5.41) is 6.30. The fourth-order valence-electron chi connectivity index (χ4n) is 1.62. The van der Waals surface area contributed by atoms with Crippen molar-refractivity contribution in [3.05, 3.63) is 18.0 Å². The highest BCUT2D eigenvalue weighted by Crippen LogP contribution is 2.30. The number of carbonyl (C=O) groups excluding carboxylic acids is 1. The number of ether oxygens (including phenoxy) is 1. The zero-order chi connectivity index (χ0) is 11.4. The number of thioether (sulfide) groups is 1. The number of hydrogen-bond donors (Lipinski definition) is 1. The average molecular weight is 242 g/mol. The third-order valence-corrected chi connectivity index (χ3v) is 3.96. The summed E-state index contributed by atoms with van der Waals surface area (Å²) in [5.74, 6) is 1.98. The Kier molecular flexibility index (Phi) is 3.50. The van der Waals surface area contributed by atoms with Gasteiger partial charge in [0.2, 0.25) is 5.76 Å². The van der Waals surface area contributed by atoms with Crippen molar-refractivity contribution in [1.82, 2.24) is 10.5 Å². The molecule has 0 unspecified atom stereocenters.